The van der Waals surface area contributed by atoms with Crippen molar-refractivity contribution >= 4 is 12.7 Å². The summed E-state index contributed by atoms with van der Waals surface area (Å²) in [6, 6.07) is 19.1. The van der Waals surface area contributed by atoms with E-state index < -0.39 is 0 Å². The Morgan fingerprint density at radius 3 is 2.00 bits per heavy atom. The van der Waals surface area contributed by atoms with Gasteiger partial charge in [0.2, 0.25) is 0 Å². The molecule has 0 N–H and O–H groups in total. The first kappa shape index (κ1) is 18.6. The molecule has 0 spiro atoms. The molecule has 3 aromatic rings. The maximum Gasteiger partial charge on any atom is 0.148 e. The highest BCUT2D eigenvalue weighted by Crippen LogP contribution is 2.11. The van der Waals surface area contributed by atoms with Gasteiger partial charge in [0.25, 0.3) is 0 Å². The number of aryl methyl sites for hydroxylation is 2. The van der Waals surface area contributed by atoms with E-state index in [1.807, 2.05) is 57.4 Å². The van der Waals surface area contributed by atoms with Gasteiger partial charge in [0.15, 0.2) is 0 Å². The summed E-state index contributed by atoms with van der Waals surface area (Å²) in [6.45, 7) is 5.95. The maximum atomic E-state index is 14.0. The fourth-order valence-electron chi connectivity index (χ4n) is 2.61. The molecule has 0 unspecified atom stereocenters. The lowest BCUT2D eigenvalue weighted by atomic mass is 9.73. The van der Waals surface area contributed by atoms with Crippen LogP contribution >= 0.6 is 0 Å². The third-order valence-electron chi connectivity index (χ3n) is 4.29. The van der Waals surface area contributed by atoms with Crippen LogP contribution in [0.5, 0.6) is 0 Å². The van der Waals surface area contributed by atoms with Crippen molar-refractivity contribution in [3.8, 4) is 23.7 Å². The topological polar surface area (TPSA) is 0 Å². The first-order valence-electron chi connectivity index (χ1n) is 8.85. The number of hydrogen-bond donors (Lipinski definition) is 0. The summed E-state index contributed by atoms with van der Waals surface area (Å²) in [4.78, 5) is 0. The molecule has 0 bridgehead atoms. The number of benzene rings is 3. The number of halogens is 1. The summed E-state index contributed by atoms with van der Waals surface area (Å²) in [7, 11) is 1.86. The largest absolute Gasteiger partial charge is 0.206 e. The lowest BCUT2D eigenvalue weighted by Crippen LogP contribution is -2.10. The van der Waals surface area contributed by atoms with Gasteiger partial charge in [-0.1, -0.05) is 59.7 Å². The Hall–Kier alpha value is -3.23. The van der Waals surface area contributed by atoms with Gasteiger partial charge in [-0.15, -0.1) is 0 Å². The molecule has 0 amide bonds. The molecule has 3 aromatic carbocycles. The van der Waals surface area contributed by atoms with E-state index >= 15 is 0 Å². The molecule has 27 heavy (non-hydrogen) atoms. The molecular weight excluding hydrogens is 330 g/mol. The van der Waals surface area contributed by atoms with Crippen molar-refractivity contribution in [3.63, 3.8) is 0 Å². The molecule has 0 atom stereocenters. The molecule has 0 aromatic heterocycles. The van der Waals surface area contributed by atoms with E-state index in [0.29, 0.717) is 5.56 Å². The monoisotopic (exact) mass is 349 g/mol. The molecule has 0 heterocycles. The molecule has 0 saturated carbocycles. The first-order valence-corrected chi connectivity index (χ1v) is 8.85. The van der Waals surface area contributed by atoms with Crippen LogP contribution in [-0.4, -0.2) is 7.28 Å². The summed E-state index contributed by atoms with van der Waals surface area (Å²) in [5.74, 6) is 12.1. The van der Waals surface area contributed by atoms with Crippen molar-refractivity contribution in [3.05, 3.63) is 99.9 Å². The minimum atomic E-state index is -0.296. The molecule has 0 aliphatic rings. The Labute approximate surface area is 161 Å². The smallest absolute Gasteiger partial charge is 0.148 e. The van der Waals surface area contributed by atoms with Crippen LogP contribution in [0.15, 0.2) is 60.7 Å². The van der Waals surface area contributed by atoms with Gasteiger partial charge in [0.05, 0.1) is 5.56 Å². The molecule has 0 nitrogen and oxygen atoms in total. The van der Waals surface area contributed by atoms with Crippen LogP contribution in [0.3, 0.4) is 0 Å². The standard InChI is InChI=1S/C25H19BF/c1-18-4-6-20(7-5-18)8-11-22-12-9-21(16-19(22)2)10-13-23-14-15-24(26-3)17-25(23)27/h4-7,9,12,14-17H,1-3H3. The van der Waals surface area contributed by atoms with Crippen LogP contribution in [0.2, 0.25) is 6.82 Å². The summed E-state index contributed by atoms with van der Waals surface area (Å²) >= 11 is 0. The highest BCUT2D eigenvalue weighted by atomic mass is 19.1. The predicted octanol–water partition coefficient (Wildman–Crippen LogP) is 4.62. The van der Waals surface area contributed by atoms with Crippen molar-refractivity contribution in [2.45, 2.75) is 20.7 Å². The third kappa shape index (κ3) is 4.90. The van der Waals surface area contributed by atoms with Crippen LogP contribution in [0, 0.1) is 43.3 Å². The van der Waals surface area contributed by atoms with Crippen molar-refractivity contribution in [1.29, 1.82) is 0 Å². The Kier molecular flexibility index (Phi) is 5.80. The minimum Gasteiger partial charge on any atom is -0.206 e. The lowest BCUT2D eigenvalue weighted by molar-refractivity contribution is 0.625. The number of hydrogen-bond acceptors (Lipinski definition) is 0. The van der Waals surface area contributed by atoms with E-state index in [-0.39, 0.29) is 5.82 Å². The van der Waals surface area contributed by atoms with Crippen LogP contribution in [0.1, 0.15) is 33.4 Å². The maximum absolute atomic E-state index is 14.0. The second-order valence-electron chi connectivity index (χ2n) is 6.42. The molecule has 2 heteroatoms. The molecule has 3 rings (SSSR count). The molecule has 1 radical (unpaired) electrons. The van der Waals surface area contributed by atoms with Gasteiger partial charge in [-0.3, -0.25) is 0 Å². The molecule has 0 aliphatic heterocycles. The Morgan fingerprint density at radius 1 is 0.704 bits per heavy atom. The van der Waals surface area contributed by atoms with E-state index in [0.717, 1.165) is 27.7 Å². The van der Waals surface area contributed by atoms with Gasteiger partial charge in [-0.25, -0.2) is 4.39 Å². The predicted molar refractivity (Wildman–Crippen MR) is 112 cm³/mol. The molecule has 0 fully saturated rings. The van der Waals surface area contributed by atoms with E-state index in [2.05, 4.69) is 42.7 Å². The third-order valence-corrected chi connectivity index (χ3v) is 4.29. The second kappa shape index (κ2) is 8.44. The van der Waals surface area contributed by atoms with Crippen LogP contribution in [-0.2, 0) is 0 Å². The molecule has 0 saturated heterocycles. The second-order valence-corrected chi connectivity index (χ2v) is 6.42. The first-order chi connectivity index (χ1) is 13.0. The fourth-order valence-corrected chi connectivity index (χ4v) is 2.61. The molecular formula is C25H19BF. The molecule has 0 aliphatic carbocycles. The highest BCUT2D eigenvalue weighted by Gasteiger charge is 2.01. The van der Waals surface area contributed by atoms with Crippen molar-refractivity contribution < 1.29 is 4.39 Å². The zero-order valence-electron chi connectivity index (χ0n) is 15.7. The molecule has 129 valence electrons. The van der Waals surface area contributed by atoms with Crippen molar-refractivity contribution in [2.75, 3.05) is 0 Å². The highest BCUT2D eigenvalue weighted by molar-refractivity contribution is 6.51. The van der Waals surface area contributed by atoms with Crippen molar-refractivity contribution in [2.24, 2.45) is 0 Å². The van der Waals surface area contributed by atoms with Gasteiger partial charge in [-0.2, -0.15) is 0 Å². The van der Waals surface area contributed by atoms with Gasteiger partial charge in [0.1, 0.15) is 13.1 Å². The van der Waals surface area contributed by atoms with Gasteiger partial charge in [-0.05, 0) is 61.9 Å². The van der Waals surface area contributed by atoms with Crippen LogP contribution < -0.4 is 5.46 Å². The minimum absolute atomic E-state index is 0.296. The van der Waals surface area contributed by atoms with Gasteiger partial charge < -0.3 is 0 Å². The van der Waals surface area contributed by atoms with E-state index in [1.54, 1.807) is 6.07 Å². The van der Waals surface area contributed by atoms with Crippen molar-refractivity contribution in [1.82, 2.24) is 0 Å². The average molecular weight is 349 g/mol. The van der Waals surface area contributed by atoms with Gasteiger partial charge in [0, 0.05) is 16.7 Å². The normalized spacial score (nSPS) is 9.63. The summed E-state index contributed by atoms with van der Waals surface area (Å²) in [6.07, 6.45) is 0. The summed E-state index contributed by atoms with van der Waals surface area (Å²) < 4.78 is 14.0. The van der Waals surface area contributed by atoms with E-state index in [1.165, 1.54) is 11.6 Å². The van der Waals surface area contributed by atoms with Gasteiger partial charge >= 0.3 is 0 Å². The van der Waals surface area contributed by atoms with Crippen LogP contribution in [0.4, 0.5) is 4.39 Å². The summed E-state index contributed by atoms with van der Waals surface area (Å²) in [5.41, 5.74) is 6.34. The number of rotatable bonds is 1. The van der Waals surface area contributed by atoms with E-state index in [4.69, 9.17) is 0 Å². The quantitative estimate of drug-likeness (QED) is 0.444. The zero-order valence-corrected chi connectivity index (χ0v) is 15.7. The average Bonchev–Trinajstić information content (AvgIpc) is 2.67. The Morgan fingerprint density at radius 2 is 1.33 bits per heavy atom. The Bertz CT molecular complexity index is 1090. The summed E-state index contributed by atoms with van der Waals surface area (Å²) in [5, 5.41) is 0. The lowest BCUT2D eigenvalue weighted by Gasteiger charge is -2.00. The van der Waals surface area contributed by atoms with Crippen LogP contribution in [0.25, 0.3) is 0 Å². The fraction of sp³-hybridized carbons (Fsp3) is 0.120. The SMILES string of the molecule is C[B]c1ccc(C#Cc2ccc(C#Cc3ccc(C)cc3)c(C)c2)c(F)c1. The zero-order chi connectivity index (χ0) is 19.2. The Balaban J connectivity index is 1.81. The van der Waals surface area contributed by atoms with E-state index in [9.17, 15) is 4.39 Å².